The summed E-state index contributed by atoms with van der Waals surface area (Å²) in [5, 5.41) is 4.32. The Hall–Kier alpha value is -1.32. The lowest BCUT2D eigenvalue weighted by atomic mass is 10.1. The zero-order chi connectivity index (χ0) is 13.5. The van der Waals surface area contributed by atoms with Gasteiger partial charge >= 0.3 is 0 Å². The van der Waals surface area contributed by atoms with E-state index in [1.54, 1.807) is 0 Å². The van der Waals surface area contributed by atoms with Crippen molar-refractivity contribution in [2.45, 2.75) is 32.4 Å². The number of unbranched alkanes of at least 4 members (excludes halogenated alkanes) is 1. The third-order valence-corrected chi connectivity index (χ3v) is 3.47. The number of aromatic nitrogens is 2. The lowest BCUT2D eigenvalue weighted by Gasteiger charge is -2.14. The number of nitrogens with zero attached hydrogens (tertiary/aromatic N) is 2. The second kappa shape index (κ2) is 7.31. The molecule has 1 atom stereocenters. The minimum absolute atomic E-state index is 0.366. The second-order valence-electron chi connectivity index (χ2n) is 4.73. The molecular weight excluding hydrogens is 258 g/mol. The van der Waals surface area contributed by atoms with Crippen molar-refractivity contribution in [1.29, 1.82) is 0 Å². The predicted molar refractivity (Wildman–Crippen MR) is 79.3 cm³/mol. The topological polar surface area (TPSA) is 29.9 Å². The van der Waals surface area contributed by atoms with Crippen LogP contribution in [0.5, 0.6) is 0 Å². The lowest BCUT2D eigenvalue weighted by Crippen LogP contribution is -2.20. The van der Waals surface area contributed by atoms with Gasteiger partial charge < -0.3 is 9.88 Å². The molecule has 19 heavy (non-hydrogen) atoms. The summed E-state index contributed by atoms with van der Waals surface area (Å²) in [5.41, 5.74) is 1.28. The van der Waals surface area contributed by atoms with Gasteiger partial charge in [0, 0.05) is 30.0 Å². The monoisotopic (exact) mass is 277 g/mol. The van der Waals surface area contributed by atoms with Crippen molar-refractivity contribution in [2.75, 3.05) is 6.54 Å². The highest BCUT2D eigenvalue weighted by atomic mass is 35.5. The molecule has 0 radical (unpaired) electrons. The maximum Gasteiger partial charge on any atom is 0.0945 e. The first kappa shape index (κ1) is 14.1. The predicted octanol–water partition coefficient (Wildman–Crippen LogP) is 3.67. The summed E-state index contributed by atoms with van der Waals surface area (Å²) < 4.78 is 2.11. The van der Waals surface area contributed by atoms with Crippen LogP contribution in [0.25, 0.3) is 0 Å². The van der Waals surface area contributed by atoms with Gasteiger partial charge in [-0.05, 0) is 44.0 Å². The Balaban J connectivity index is 1.63. The zero-order valence-corrected chi connectivity index (χ0v) is 12.0. The molecule has 0 aliphatic heterocycles. The van der Waals surface area contributed by atoms with E-state index in [-0.39, 0.29) is 0 Å². The van der Waals surface area contributed by atoms with E-state index in [1.807, 2.05) is 30.9 Å². The Morgan fingerprint density at radius 2 is 2.05 bits per heavy atom. The molecule has 1 N–H and O–H groups in total. The van der Waals surface area contributed by atoms with Gasteiger partial charge in [0.15, 0.2) is 0 Å². The van der Waals surface area contributed by atoms with Crippen molar-refractivity contribution in [2.24, 2.45) is 0 Å². The van der Waals surface area contributed by atoms with Gasteiger partial charge in [0.1, 0.15) is 0 Å². The molecule has 1 aromatic heterocycles. The number of halogens is 1. The molecule has 2 aromatic rings. The molecule has 0 bridgehead atoms. The quantitative estimate of drug-likeness (QED) is 0.783. The summed E-state index contributed by atoms with van der Waals surface area (Å²) in [7, 11) is 0. The fourth-order valence-electron chi connectivity index (χ4n) is 2.03. The Morgan fingerprint density at radius 1 is 1.26 bits per heavy atom. The van der Waals surface area contributed by atoms with Crippen molar-refractivity contribution >= 4 is 11.6 Å². The highest BCUT2D eigenvalue weighted by Crippen LogP contribution is 2.15. The first-order valence-electron chi connectivity index (χ1n) is 6.70. The summed E-state index contributed by atoms with van der Waals surface area (Å²) in [6, 6.07) is 8.39. The third-order valence-electron chi connectivity index (χ3n) is 3.22. The van der Waals surface area contributed by atoms with Crippen LogP contribution in [0.1, 0.15) is 31.4 Å². The van der Waals surface area contributed by atoms with Crippen molar-refractivity contribution < 1.29 is 0 Å². The summed E-state index contributed by atoms with van der Waals surface area (Å²) in [6.07, 6.45) is 8.02. The van der Waals surface area contributed by atoms with E-state index < -0.39 is 0 Å². The summed E-state index contributed by atoms with van der Waals surface area (Å²) >= 11 is 5.88. The van der Waals surface area contributed by atoms with E-state index in [2.05, 4.69) is 33.9 Å². The molecule has 4 heteroatoms. The van der Waals surface area contributed by atoms with Gasteiger partial charge in [0.25, 0.3) is 0 Å². The number of nitrogens with one attached hydrogen (secondary N) is 1. The van der Waals surface area contributed by atoms with Gasteiger partial charge in [-0.3, -0.25) is 0 Å². The second-order valence-corrected chi connectivity index (χ2v) is 5.17. The largest absolute Gasteiger partial charge is 0.337 e. The summed E-state index contributed by atoms with van der Waals surface area (Å²) in [6.45, 7) is 4.24. The number of benzene rings is 1. The van der Waals surface area contributed by atoms with Crippen molar-refractivity contribution in [3.8, 4) is 0 Å². The van der Waals surface area contributed by atoms with E-state index in [4.69, 9.17) is 11.6 Å². The summed E-state index contributed by atoms with van der Waals surface area (Å²) in [4.78, 5) is 4.03. The first-order valence-corrected chi connectivity index (χ1v) is 7.08. The van der Waals surface area contributed by atoms with Crippen LogP contribution in [0.2, 0.25) is 5.02 Å². The Kier molecular flexibility index (Phi) is 5.43. The smallest absolute Gasteiger partial charge is 0.0945 e. The number of rotatable bonds is 7. The van der Waals surface area contributed by atoms with Crippen molar-refractivity contribution in [1.82, 2.24) is 14.9 Å². The third kappa shape index (κ3) is 4.69. The average molecular weight is 278 g/mol. The maximum absolute atomic E-state index is 5.88. The molecule has 3 nitrogen and oxygen atoms in total. The van der Waals surface area contributed by atoms with Crippen LogP contribution in [0.4, 0.5) is 0 Å². The van der Waals surface area contributed by atoms with E-state index in [1.165, 1.54) is 5.56 Å². The molecule has 1 aromatic carbocycles. The SMILES string of the molecule is CC(NCCCCn1ccnc1)c1ccc(Cl)cc1. The molecular formula is C15H20ClN3. The molecule has 0 aliphatic rings. The lowest BCUT2D eigenvalue weighted by molar-refractivity contribution is 0.523. The zero-order valence-electron chi connectivity index (χ0n) is 11.2. The van der Waals surface area contributed by atoms with Gasteiger partial charge in [0.2, 0.25) is 0 Å². The molecule has 102 valence electrons. The van der Waals surface area contributed by atoms with Crippen molar-refractivity contribution in [3.05, 3.63) is 53.6 Å². The molecule has 0 spiro atoms. The molecule has 1 unspecified atom stereocenters. The minimum atomic E-state index is 0.366. The average Bonchev–Trinajstić information content (AvgIpc) is 2.92. The number of hydrogen-bond acceptors (Lipinski definition) is 2. The van der Waals surface area contributed by atoms with Crippen LogP contribution < -0.4 is 5.32 Å². The Bertz CT molecular complexity index is 465. The first-order chi connectivity index (χ1) is 9.25. The number of aryl methyl sites for hydroxylation is 1. The summed E-state index contributed by atoms with van der Waals surface area (Å²) in [5.74, 6) is 0. The van der Waals surface area contributed by atoms with E-state index in [0.29, 0.717) is 6.04 Å². The van der Waals surface area contributed by atoms with Crippen molar-refractivity contribution in [3.63, 3.8) is 0 Å². The van der Waals surface area contributed by atoms with Crippen LogP contribution in [-0.4, -0.2) is 16.1 Å². The van der Waals surface area contributed by atoms with Crippen LogP contribution in [0.3, 0.4) is 0 Å². The van der Waals surface area contributed by atoms with Crippen LogP contribution in [0, 0.1) is 0 Å². The highest BCUT2D eigenvalue weighted by Gasteiger charge is 2.03. The standard InChI is InChI=1S/C15H20ClN3/c1-13(14-4-6-15(16)7-5-14)18-8-2-3-10-19-11-9-17-12-19/h4-7,9,11-13,18H,2-3,8,10H2,1H3. The number of imidazole rings is 1. The molecule has 2 rings (SSSR count). The molecule has 0 fully saturated rings. The molecule has 0 saturated heterocycles. The van der Waals surface area contributed by atoms with Gasteiger partial charge in [-0.15, -0.1) is 0 Å². The van der Waals surface area contributed by atoms with Gasteiger partial charge in [-0.2, -0.15) is 0 Å². The molecule has 0 aliphatic carbocycles. The van der Waals surface area contributed by atoms with E-state index in [9.17, 15) is 0 Å². The van der Waals surface area contributed by atoms with Crippen LogP contribution in [0.15, 0.2) is 43.0 Å². The highest BCUT2D eigenvalue weighted by molar-refractivity contribution is 6.30. The molecule has 1 heterocycles. The Labute approximate surface area is 119 Å². The normalized spacial score (nSPS) is 12.5. The minimum Gasteiger partial charge on any atom is -0.337 e. The fourth-order valence-corrected chi connectivity index (χ4v) is 2.15. The van der Waals surface area contributed by atoms with Gasteiger partial charge in [0.05, 0.1) is 6.33 Å². The van der Waals surface area contributed by atoms with Gasteiger partial charge in [-0.25, -0.2) is 4.98 Å². The van der Waals surface area contributed by atoms with Crippen LogP contribution >= 0.6 is 11.6 Å². The Morgan fingerprint density at radius 3 is 2.74 bits per heavy atom. The fraction of sp³-hybridized carbons (Fsp3) is 0.400. The maximum atomic E-state index is 5.88. The van der Waals surface area contributed by atoms with Gasteiger partial charge in [-0.1, -0.05) is 23.7 Å². The van der Waals surface area contributed by atoms with E-state index in [0.717, 1.165) is 31.0 Å². The van der Waals surface area contributed by atoms with E-state index >= 15 is 0 Å². The van der Waals surface area contributed by atoms with Crippen LogP contribution in [-0.2, 0) is 6.54 Å². The molecule has 0 saturated carbocycles. The molecule has 0 amide bonds. The number of hydrogen-bond donors (Lipinski definition) is 1.